The normalized spacial score (nSPS) is 13.4. The molecule has 1 aromatic rings. The first-order chi connectivity index (χ1) is 13.4. The molecule has 1 aromatic carbocycles. The summed E-state index contributed by atoms with van der Waals surface area (Å²) >= 11 is 0. The van der Waals surface area contributed by atoms with Crippen molar-refractivity contribution in [2.75, 3.05) is 6.61 Å². The minimum atomic E-state index is -3.86. The zero-order valence-corrected chi connectivity index (χ0v) is 17.4. The molecule has 162 valence electrons. The van der Waals surface area contributed by atoms with Gasteiger partial charge in [-0.25, -0.2) is 23.1 Å². The predicted molar refractivity (Wildman–Crippen MR) is 104 cm³/mol. The highest BCUT2D eigenvalue weighted by atomic mass is 32.2. The smallest absolute Gasteiger partial charge is 0.407 e. The summed E-state index contributed by atoms with van der Waals surface area (Å²) in [7, 11) is -3.86. The maximum Gasteiger partial charge on any atom is 0.407 e. The largest absolute Gasteiger partial charge is 0.480 e. The fraction of sp³-hybridized carbons (Fsp3) is 0.500. The zero-order chi connectivity index (χ0) is 22.2. The van der Waals surface area contributed by atoms with Crippen molar-refractivity contribution in [2.45, 2.75) is 50.6 Å². The van der Waals surface area contributed by atoms with Gasteiger partial charge in [-0.1, -0.05) is 26.0 Å². The third-order valence-corrected chi connectivity index (χ3v) is 4.83. The minimum absolute atomic E-state index is 0.0571. The van der Waals surface area contributed by atoms with Crippen LogP contribution in [0.15, 0.2) is 29.2 Å². The molecule has 0 saturated carbocycles. The van der Waals surface area contributed by atoms with E-state index in [4.69, 9.17) is 9.88 Å². The molecule has 0 aliphatic carbocycles. The molecule has 1 rings (SSSR count). The maximum atomic E-state index is 12.6. The van der Waals surface area contributed by atoms with Crippen LogP contribution in [-0.4, -0.2) is 50.2 Å². The Hall–Kier alpha value is -2.66. The molecule has 0 heterocycles. The third kappa shape index (κ3) is 8.48. The van der Waals surface area contributed by atoms with Crippen molar-refractivity contribution in [1.82, 2.24) is 10.6 Å². The van der Waals surface area contributed by atoms with E-state index in [9.17, 15) is 27.9 Å². The molecule has 0 bridgehead atoms. The highest BCUT2D eigenvalue weighted by molar-refractivity contribution is 7.89. The number of carbonyl (C=O) groups is 3. The summed E-state index contributed by atoms with van der Waals surface area (Å²) in [6.45, 7) is 5.47. The lowest BCUT2D eigenvalue weighted by Crippen LogP contribution is -2.52. The van der Waals surface area contributed by atoms with E-state index in [-0.39, 0.29) is 23.8 Å². The molecule has 2 atom stereocenters. The van der Waals surface area contributed by atoms with Gasteiger partial charge in [-0.05, 0) is 37.0 Å². The highest BCUT2D eigenvalue weighted by Crippen LogP contribution is 2.12. The van der Waals surface area contributed by atoms with Gasteiger partial charge in [0.1, 0.15) is 12.1 Å². The van der Waals surface area contributed by atoms with E-state index in [1.165, 1.54) is 24.3 Å². The molecule has 29 heavy (non-hydrogen) atoms. The summed E-state index contributed by atoms with van der Waals surface area (Å²) in [6.07, 6.45) is -0.557. The lowest BCUT2D eigenvalue weighted by molar-refractivity contribution is -0.142. The van der Waals surface area contributed by atoms with E-state index in [1.54, 1.807) is 6.92 Å². The van der Waals surface area contributed by atoms with Crippen LogP contribution in [0.25, 0.3) is 0 Å². The second kappa shape index (κ2) is 10.8. The second-order valence-corrected chi connectivity index (χ2v) is 8.40. The Kier molecular flexibility index (Phi) is 9.05. The number of carbonyl (C=O) groups excluding carboxylic acids is 2. The average Bonchev–Trinajstić information content (AvgIpc) is 2.60. The van der Waals surface area contributed by atoms with Crippen LogP contribution in [0.4, 0.5) is 4.79 Å². The number of sulfonamides is 1. The first-order valence-electron chi connectivity index (χ1n) is 9.02. The summed E-state index contributed by atoms with van der Waals surface area (Å²) < 4.78 is 27.4. The van der Waals surface area contributed by atoms with Crippen LogP contribution in [0.1, 0.15) is 32.8 Å². The zero-order valence-electron chi connectivity index (χ0n) is 16.5. The van der Waals surface area contributed by atoms with Crippen LogP contribution in [0, 0.1) is 5.92 Å². The van der Waals surface area contributed by atoms with Gasteiger partial charge < -0.3 is 20.5 Å². The molecule has 0 aromatic heterocycles. The first-order valence-corrected chi connectivity index (χ1v) is 10.6. The average molecular weight is 429 g/mol. The highest BCUT2D eigenvalue weighted by Gasteiger charge is 2.27. The number of amides is 2. The van der Waals surface area contributed by atoms with Crippen molar-refractivity contribution in [3.63, 3.8) is 0 Å². The number of alkyl carbamates (subject to hydrolysis) is 1. The van der Waals surface area contributed by atoms with Crippen LogP contribution in [0.5, 0.6) is 0 Å². The Bertz CT molecular complexity index is 822. The molecule has 0 aliphatic rings. The SMILES string of the molecule is CCOC(=O)N[C@@H](CC(C)C)C(=O)N[C@@H](Cc1ccc(S(N)(=O)=O)cc1)C(=O)O. The van der Waals surface area contributed by atoms with Gasteiger partial charge in [0.05, 0.1) is 11.5 Å². The number of nitrogens with one attached hydrogen (secondary N) is 2. The molecular formula is C18H27N3O7S. The van der Waals surface area contributed by atoms with Crippen LogP contribution in [0.2, 0.25) is 0 Å². The Morgan fingerprint density at radius 2 is 1.69 bits per heavy atom. The number of rotatable bonds is 10. The Morgan fingerprint density at radius 3 is 2.14 bits per heavy atom. The van der Waals surface area contributed by atoms with E-state index < -0.39 is 40.1 Å². The fourth-order valence-electron chi connectivity index (χ4n) is 2.54. The second-order valence-electron chi connectivity index (χ2n) is 6.84. The minimum Gasteiger partial charge on any atom is -0.480 e. The van der Waals surface area contributed by atoms with Crippen LogP contribution in [0.3, 0.4) is 0 Å². The van der Waals surface area contributed by atoms with E-state index in [0.717, 1.165) is 0 Å². The summed E-state index contributed by atoms with van der Waals surface area (Å²) in [5.74, 6) is -1.87. The van der Waals surface area contributed by atoms with Gasteiger partial charge in [0.15, 0.2) is 0 Å². The summed E-state index contributed by atoms with van der Waals surface area (Å²) in [4.78, 5) is 35.7. The molecular weight excluding hydrogens is 402 g/mol. The Labute approximate surface area is 169 Å². The first kappa shape index (κ1) is 24.4. The predicted octanol–water partition coefficient (Wildman–Crippen LogP) is 0.607. The number of carboxylic acids is 1. The van der Waals surface area contributed by atoms with Crippen molar-refractivity contribution in [2.24, 2.45) is 11.1 Å². The molecule has 2 amide bonds. The van der Waals surface area contributed by atoms with E-state index in [0.29, 0.717) is 12.0 Å². The van der Waals surface area contributed by atoms with Gasteiger partial charge in [-0.2, -0.15) is 0 Å². The Morgan fingerprint density at radius 1 is 1.10 bits per heavy atom. The number of ether oxygens (including phenoxy) is 1. The summed E-state index contributed by atoms with van der Waals surface area (Å²) in [5, 5.41) is 19.3. The van der Waals surface area contributed by atoms with Gasteiger partial charge in [0, 0.05) is 6.42 Å². The lowest BCUT2D eigenvalue weighted by atomic mass is 10.0. The molecule has 0 radical (unpaired) electrons. The number of nitrogens with two attached hydrogens (primary N) is 1. The topological polar surface area (TPSA) is 165 Å². The number of hydrogen-bond donors (Lipinski definition) is 4. The van der Waals surface area contributed by atoms with E-state index >= 15 is 0 Å². The molecule has 11 heteroatoms. The van der Waals surface area contributed by atoms with Crippen molar-refractivity contribution in [3.8, 4) is 0 Å². The van der Waals surface area contributed by atoms with Crippen molar-refractivity contribution < 1.29 is 32.6 Å². The Balaban J connectivity index is 2.90. The molecule has 0 saturated heterocycles. The van der Waals surface area contributed by atoms with Crippen LogP contribution in [-0.2, 0) is 30.8 Å². The number of hydrogen-bond acceptors (Lipinski definition) is 6. The molecule has 0 unspecified atom stereocenters. The van der Waals surface area contributed by atoms with Crippen molar-refractivity contribution >= 4 is 28.0 Å². The third-order valence-electron chi connectivity index (χ3n) is 3.90. The number of primary sulfonamides is 1. The standard InChI is InChI=1S/C18H27N3O7S/c1-4-28-18(25)21-14(9-11(2)3)16(22)20-15(17(23)24)10-12-5-7-13(8-6-12)29(19,26)27/h5-8,11,14-15H,4,9-10H2,1-3H3,(H,20,22)(H,21,25)(H,23,24)(H2,19,26,27)/t14-,15-/m0/s1. The lowest BCUT2D eigenvalue weighted by Gasteiger charge is -2.22. The van der Waals surface area contributed by atoms with Gasteiger partial charge in [0.2, 0.25) is 15.9 Å². The van der Waals surface area contributed by atoms with Crippen molar-refractivity contribution in [1.29, 1.82) is 0 Å². The van der Waals surface area contributed by atoms with Gasteiger partial charge in [0.25, 0.3) is 0 Å². The van der Waals surface area contributed by atoms with E-state index in [2.05, 4.69) is 10.6 Å². The number of carboxylic acid groups (broad SMARTS) is 1. The van der Waals surface area contributed by atoms with Gasteiger partial charge >= 0.3 is 12.1 Å². The molecule has 10 nitrogen and oxygen atoms in total. The quantitative estimate of drug-likeness (QED) is 0.423. The monoisotopic (exact) mass is 429 g/mol. The number of aliphatic carboxylic acids is 1. The van der Waals surface area contributed by atoms with Crippen LogP contribution >= 0.6 is 0 Å². The summed E-state index contributed by atoms with van der Waals surface area (Å²) in [5.41, 5.74) is 0.490. The van der Waals surface area contributed by atoms with E-state index in [1.807, 2.05) is 13.8 Å². The van der Waals surface area contributed by atoms with Crippen LogP contribution < -0.4 is 15.8 Å². The molecule has 5 N–H and O–H groups in total. The maximum absolute atomic E-state index is 12.6. The summed E-state index contributed by atoms with van der Waals surface area (Å²) in [6, 6.07) is 3.13. The van der Waals surface area contributed by atoms with Crippen molar-refractivity contribution in [3.05, 3.63) is 29.8 Å². The fourth-order valence-corrected chi connectivity index (χ4v) is 3.06. The molecule has 0 spiro atoms. The van der Waals surface area contributed by atoms with Gasteiger partial charge in [-0.3, -0.25) is 4.79 Å². The van der Waals surface area contributed by atoms with Gasteiger partial charge in [-0.15, -0.1) is 0 Å². The number of benzene rings is 1. The molecule has 0 fully saturated rings. The molecule has 0 aliphatic heterocycles.